The number of rotatable bonds is 7. The molecular weight excluding hydrogens is 252 g/mol. The molecule has 1 aliphatic rings. The lowest BCUT2D eigenvalue weighted by Crippen LogP contribution is -2.21. The molecule has 2 aromatic rings. The monoisotopic (exact) mass is 274 g/mol. The third-order valence-corrected chi connectivity index (χ3v) is 3.74. The van der Waals surface area contributed by atoms with Crippen molar-refractivity contribution in [3.63, 3.8) is 0 Å². The van der Waals surface area contributed by atoms with Crippen molar-refractivity contribution in [1.82, 2.24) is 19.8 Å². The van der Waals surface area contributed by atoms with Crippen LogP contribution in [0, 0.1) is 0 Å². The molecule has 0 amide bonds. The van der Waals surface area contributed by atoms with Gasteiger partial charge in [0.05, 0.1) is 19.4 Å². The van der Waals surface area contributed by atoms with Crippen LogP contribution >= 0.6 is 0 Å². The van der Waals surface area contributed by atoms with E-state index in [1.807, 2.05) is 24.0 Å². The van der Waals surface area contributed by atoms with Crippen molar-refractivity contribution in [2.45, 2.75) is 38.5 Å². The predicted octanol–water partition coefficient (Wildman–Crippen LogP) is 1.90. The lowest BCUT2D eigenvalue weighted by atomic mass is 10.2. The number of nitrogens with one attached hydrogen (secondary N) is 1. The smallest absolute Gasteiger partial charge is 0.122 e. The van der Waals surface area contributed by atoms with Gasteiger partial charge in [-0.25, -0.2) is 4.98 Å². The Morgan fingerprint density at radius 1 is 1.45 bits per heavy atom. The second kappa shape index (κ2) is 5.81. The molecule has 0 saturated heterocycles. The highest BCUT2D eigenvalue weighted by Crippen LogP contribution is 2.20. The molecule has 5 nitrogen and oxygen atoms in total. The van der Waals surface area contributed by atoms with Gasteiger partial charge in [-0.1, -0.05) is 0 Å². The standard InChI is InChI=1S/C15H22N4O/c1-18(11-15-16-6-7-19(15)2)10-14-12(5-8-20-14)9-17-13-3-4-13/h5-8,13,17H,3-4,9-11H2,1-2H3. The Balaban J connectivity index is 1.56. The van der Waals surface area contributed by atoms with Gasteiger partial charge in [0.2, 0.25) is 0 Å². The Hall–Kier alpha value is -1.59. The Morgan fingerprint density at radius 3 is 3.00 bits per heavy atom. The zero-order chi connectivity index (χ0) is 13.9. The molecule has 5 heteroatoms. The highest BCUT2D eigenvalue weighted by atomic mass is 16.3. The Morgan fingerprint density at radius 2 is 2.30 bits per heavy atom. The molecule has 0 atom stereocenters. The SMILES string of the molecule is CN(Cc1occc1CNC1CC1)Cc1nccn1C. The van der Waals surface area contributed by atoms with Crippen molar-refractivity contribution in [2.24, 2.45) is 7.05 Å². The molecule has 1 N–H and O–H groups in total. The summed E-state index contributed by atoms with van der Waals surface area (Å²) in [4.78, 5) is 6.58. The van der Waals surface area contributed by atoms with E-state index in [-0.39, 0.29) is 0 Å². The Labute approximate surface area is 119 Å². The molecule has 0 spiro atoms. The number of nitrogens with zero attached hydrogens (tertiary/aromatic N) is 3. The Bertz CT molecular complexity index is 556. The summed E-state index contributed by atoms with van der Waals surface area (Å²) in [6, 6.07) is 2.79. The molecule has 0 aromatic carbocycles. The molecule has 1 aliphatic carbocycles. The highest BCUT2D eigenvalue weighted by Gasteiger charge is 2.21. The molecule has 108 valence electrons. The fourth-order valence-electron chi connectivity index (χ4n) is 2.30. The first-order valence-corrected chi connectivity index (χ1v) is 7.16. The van der Waals surface area contributed by atoms with Crippen molar-refractivity contribution in [3.8, 4) is 0 Å². The number of imidazole rings is 1. The van der Waals surface area contributed by atoms with Crippen LogP contribution in [0.25, 0.3) is 0 Å². The van der Waals surface area contributed by atoms with E-state index in [0.717, 1.165) is 37.3 Å². The fourth-order valence-corrected chi connectivity index (χ4v) is 2.30. The van der Waals surface area contributed by atoms with Crippen LogP contribution in [0.15, 0.2) is 29.1 Å². The zero-order valence-corrected chi connectivity index (χ0v) is 12.2. The number of furan rings is 1. The molecule has 0 bridgehead atoms. The zero-order valence-electron chi connectivity index (χ0n) is 12.2. The summed E-state index contributed by atoms with van der Waals surface area (Å²) in [5.74, 6) is 2.12. The summed E-state index contributed by atoms with van der Waals surface area (Å²) in [7, 11) is 4.11. The van der Waals surface area contributed by atoms with Gasteiger partial charge in [-0.2, -0.15) is 0 Å². The Kier molecular flexibility index (Phi) is 3.89. The first-order valence-electron chi connectivity index (χ1n) is 7.16. The summed E-state index contributed by atoms with van der Waals surface area (Å²) < 4.78 is 7.68. The van der Waals surface area contributed by atoms with E-state index >= 15 is 0 Å². The maximum Gasteiger partial charge on any atom is 0.122 e. The van der Waals surface area contributed by atoms with E-state index in [9.17, 15) is 0 Å². The predicted molar refractivity (Wildman–Crippen MR) is 76.9 cm³/mol. The molecule has 2 aromatic heterocycles. The van der Waals surface area contributed by atoms with E-state index in [1.165, 1.54) is 18.4 Å². The molecule has 1 saturated carbocycles. The van der Waals surface area contributed by atoms with Crippen LogP contribution in [0.3, 0.4) is 0 Å². The average molecular weight is 274 g/mol. The van der Waals surface area contributed by atoms with Crippen LogP contribution in [0.5, 0.6) is 0 Å². The summed E-state index contributed by atoms with van der Waals surface area (Å²) in [5.41, 5.74) is 1.27. The van der Waals surface area contributed by atoms with Gasteiger partial charge < -0.3 is 14.3 Å². The van der Waals surface area contributed by atoms with Crippen LogP contribution in [-0.2, 0) is 26.7 Å². The highest BCUT2D eigenvalue weighted by molar-refractivity contribution is 5.17. The minimum absolute atomic E-state index is 0.725. The van der Waals surface area contributed by atoms with Gasteiger partial charge >= 0.3 is 0 Å². The quantitative estimate of drug-likeness (QED) is 0.837. The molecular formula is C15H22N4O. The molecule has 20 heavy (non-hydrogen) atoms. The van der Waals surface area contributed by atoms with Crippen LogP contribution in [0.2, 0.25) is 0 Å². The van der Waals surface area contributed by atoms with Gasteiger partial charge in [0.25, 0.3) is 0 Å². The lowest BCUT2D eigenvalue weighted by molar-refractivity contribution is 0.277. The first kappa shape index (κ1) is 13.4. The van der Waals surface area contributed by atoms with Crippen LogP contribution in [-0.4, -0.2) is 27.5 Å². The average Bonchev–Trinajstić information content (AvgIpc) is 3.02. The van der Waals surface area contributed by atoms with E-state index in [2.05, 4.69) is 28.3 Å². The number of hydrogen-bond acceptors (Lipinski definition) is 4. The third-order valence-electron chi connectivity index (χ3n) is 3.74. The maximum atomic E-state index is 5.63. The third kappa shape index (κ3) is 3.29. The second-order valence-corrected chi connectivity index (χ2v) is 5.65. The van der Waals surface area contributed by atoms with Gasteiger partial charge in [-0.05, 0) is 26.0 Å². The van der Waals surface area contributed by atoms with Crippen molar-refractivity contribution in [2.75, 3.05) is 7.05 Å². The van der Waals surface area contributed by atoms with E-state index in [4.69, 9.17) is 4.42 Å². The largest absolute Gasteiger partial charge is 0.468 e. The van der Waals surface area contributed by atoms with Gasteiger partial charge in [0.15, 0.2) is 0 Å². The number of hydrogen-bond donors (Lipinski definition) is 1. The minimum atomic E-state index is 0.725. The van der Waals surface area contributed by atoms with Crippen LogP contribution in [0.1, 0.15) is 30.0 Å². The lowest BCUT2D eigenvalue weighted by Gasteiger charge is -2.16. The molecule has 0 radical (unpaired) electrons. The van der Waals surface area contributed by atoms with Crippen molar-refractivity contribution in [1.29, 1.82) is 0 Å². The minimum Gasteiger partial charge on any atom is -0.468 e. The van der Waals surface area contributed by atoms with Gasteiger partial charge in [0.1, 0.15) is 11.6 Å². The van der Waals surface area contributed by atoms with E-state index in [1.54, 1.807) is 6.26 Å². The molecule has 2 heterocycles. The summed E-state index contributed by atoms with van der Waals surface area (Å²) in [6.45, 7) is 2.54. The normalized spacial score (nSPS) is 15.2. The van der Waals surface area contributed by atoms with Crippen molar-refractivity contribution in [3.05, 3.63) is 41.9 Å². The first-order chi connectivity index (χ1) is 9.72. The van der Waals surface area contributed by atoms with Gasteiger partial charge in [0, 0.05) is 37.6 Å². The molecule has 0 aliphatic heterocycles. The number of aromatic nitrogens is 2. The summed E-state index contributed by atoms with van der Waals surface area (Å²) >= 11 is 0. The van der Waals surface area contributed by atoms with Gasteiger partial charge in [-0.15, -0.1) is 0 Å². The van der Waals surface area contributed by atoms with Crippen LogP contribution < -0.4 is 5.32 Å². The fraction of sp³-hybridized carbons (Fsp3) is 0.533. The van der Waals surface area contributed by atoms with E-state index < -0.39 is 0 Å². The summed E-state index contributed by atoms with van der Waals surface area (Å²) in [6.07, 6.45) is 8.22. The van der Waals surface area contributed by atoms with Crippen molar-refractivity contribution < 1.29 is 4.42 Å². The van der Waals surface area contributed by atoms with E-state index in [0.29, 0.717) is 0 Å². The number of aryl methyl sites for hydroxylation is 1. The molecule has 3 rings (SSSR count). The topological polar surface area (TPSA) is 46.2 Å². The maximum absolute atomic E-state index is 5.63. The molecule has 1 fully saturated rings. The molecule has 0 unspecified atom stereocenters. The van der Waals surface area contributed by atoms with Crippen LogP contribution in [0.4, 0.5) is 0 Å². The van der Waals surface area contributed by atoms with Gasteiger partial charge in [-0.3, -0.25) is 4.90 Å². The van der Waals surface area contributed by atoms with Crippen molar-refractivity contribution >= 4 is 0 Å². The summed E-state index contributed by atoms with van der Waals surface area (Å²) in [5, 5.41) is 3.53. The second-order valence-electron chi connectivity index (χ2n) is 5.65.